The van der Waals surface area contributed by atoms with Gasteiger partial charge in [-0.3, -0.25) is 0 Å². The van der Waals surface area contributed by atoms with Gasteiger partial charge in [0.15, 0.2) is 0 Å². The molecule has 0 amide bonds. The van der Waals surface area contributed by atoms with E-state index in [1.807, 2.05) is 11.9 Å². The van der Waals surface area contributed by atoms with E-state index in [2.05, 4.69) is 18.2 Å². The Kier molecular flexibility index (Phi) is 16.6. The van der Waals surface area contributed by atoms with Crippen molar-refractivity contribution in [2.45, 2.75) is 78.1 Å². The van der Waals surface area contributed by atoms with Gasteiger partial charge in [0, 0.05) is 18.8 Å². The summed E-state index contributed by atoms with van der Waals surface area (Å²) >= 11 is 1.90. The van der Waals surface area contributed by atoms with Crippen LogP contribution < -0.4 is 0 Å². The molecule has 0 aromatic carbocycles. The Morgan fingerprint density at radius 3 is 1.79 bits per heavy atom. The highest BCUT2D eigenvalue weighted by molar-refractivity contribution is 7.97. The zero-order valence-corrected chi connectivity index (χ0v) is 14.0. The maximum absolute atomic E-state index is 8.89. The molecular weight excluding hydrogens is 254 g/mol. The molecule has 116 valence electrons. The number of aliphatic hydroxyl groups is 1. The average Bonchev–Trinajstić information content (AvgIpc) is 2.43. The lowest BCUT2D eigenvalue weighted by Crippen LogP contribution is -2.19. The first-order chi connectivity index (χ1) is 9.35. The summed E-state index contributed by atoms with van der Waals surface area (Å²) in [5, 5.41) is 8.89. The predicted octanol–water partition coefficient (Wildman–Crippen LogP) is 4.87. The van der Waals surface area contributed by atoms with Gasteiger partial charge in [-0.15, -0.1) is 0 Å². The average molecular weight is 290 g/mol. The molecule has 0 saturated carbocycles. The topological polar surface area (TPSA) is 23.5 Å². The van der Waals surface area contributed by atoms with Crippen molar-refractivity contribution in [3.63, 3.8) is 0 Å². The number of unbranched alkanes of at least 4 members (excludes halogenated alkanes) is 9. The standard InChI is InChI=1S/C16H35NOS/c1-3-5-6-7-8-9-10-11-12-13-16-19-17(4-2)14-15-18/h18H,3-16H2,1-2H3. The molecule has 0 rings (SSSR count). The van der Waals surface area contributed by atoms with Gasteiger partial charge in [0.25, 0.3) is 0 Å². The summed E-state index contributed by atoms with van der Waals surface area (Å²) in [5.74, 6) is 1.21. The molecule has 0 aliphatic carbocycles. The number of aliphatic hydroxyl groups excluding tert-OH is 1. The fourth-order valence-corrected chi connectivity index (χ4v) is 3.19. The van der Waals surface area contributed by atoms with E-state index < -0.39 is 0 Å². The summed E-state index contributed by atoms with van der Waals surface area (Å²) in [5.41, 5.74) is 0. The van der Waals surface area contributed by atoms with Gasteiger partial charge in [-0.1, -0.05) is 83.6 Å². The van der Waals surface area contributed by atoms with E-state index in [-0.39, 0.29) is 6.61 Å². The first-order valence-electron chi connectivity index (χ1n) is 8.33. The monoisotopic (exact) mass is 289 g/mol. The van der Waals surface area contributed by atoms with Gasteiger partial charge in [0.05, 0.1) is 6.61 Å². The number of rotatable bonds is 15. The van der Waals surface area contributed by atoms with Gasteiger partial charge in [-0.05, 0) is 6.42 Å². The Bertz CT molecular complexity index is 167. The number of nitrogens with zero attached hydrogens (tertiary/aromatic N) is 1. The lowest BCUT2D eigenvalue weighted by molar-refractivity contribution is 0.264. The maximum atomic E-state index is 8.89. The van der Waals surface area contributed by atoms with Crippen molar-refractivity contribution in [2.75, 3.05) is 25.4 Å². The second-order valence-corrected chi connectivity index (χ2v) is 6.44. The molecule has 0 fully saturated rings. The highest BCUT2D eigenvalue weighted by Gasteiger charge is 2.01. The van der Waals surface area contributed by atoms with Crippen LogP contribution in [-0.4, -0.2) is 34.9 Å². The summed E-state index contributed by atoms with van der Waals surface area (Å²) in [6.07, 6.45) is 14.0. The van der Waals surface area contributed by atoms with E-state index in [1.165, 1.54) is 70.0 Å². The van der Waals surface area contributed by atoms with E-state index in [0.29, 0.717) is 0 Å². The Morgan fingerprint density at radius 2 is 1.32 bits per heavy atom. The molecule has 0 saturated heterocycles. The van der Waals surface area contributed by atoms with Gasteiger partial charge < -0.3 is 5.11 Å². The van der Waals surface area contributed by atoms with Crippen LogP contribution in [-0.2, 0) is 0 Å². The van der Waals surface area contributed by atoms with E-state index in [4.69, 9.17) is 5.11 Å². The SMILES string of the molecule is CCCCCCCCCCCCSN(CC)CCO. The van der Waals surface area contributed by atoms with Crippen molar-refractivity contribution in [1.29, 1.82) is 0 Å². The van der Waals surface area contributed by atoms with Crippen molar-refractivity contribution in [1.82, 2.24) is 4.31 Å². The zero-order valence-electron chi connectivity index (χ0n) is 13.2. The largest absolute Gasteiger partial charge is 0.395 e. The Hall–Kier alpha value is 0.270. The molecule has 0 aliphatic rings. The van der Waals surface area contributed by atoms with Crippen molar-refractivity contribution in [3.8, 4) is 0 Å². The van der Waals surface area contributed by atoms with Gasteiger partial charge in [0.2, 0.25) is 0 Å². The zero-order chi connectivity index (χ0) is 14.2. The molecule has 0 aliphatic heterocycles. The Labute approximate surface area is 125 Å². The van der Waals surface area contributed by atoms with Crippen molar-refractivity contribution in [2.24, 2.45) is 0 Å². The Morgan fingerprint density at radius 1 is 0.789 bits per heavy atom. The summed E-state index contributed by atoms with van der Waals surface area (Å²) in [7, 11) is 0. The van der Waals surface area contributed by atoms with Crippen LogP contribution in [0.2, 0.25) is 0 Å². The second-order valence-electron chi connectivity index (χ2n) is 5.26. The van der Waals surface area contributed by atoms with E-state index in [9.17, 15) is 0 Å². The number of hydrogen-bond donors (Lipinski definition) is 1. The number of likely N-dealkylation sites (N-methyl/N-ethyl adjacent to an activating group) is 1. The molecule has 1 N–H and O–H groups in total. The molecule has 0 aromatic rings. The summed E-state index contributed by atoms with van der Waals surface area (Å²) in [6, 6.07) is 0. The highest BCUT2D eigenvalue weighted by atomic mass is 32.2. The van der Waals surface area contributed by atoms with Crippen LogP contribution in [0, 0.1) is 0 Å². The van der Waals surface area contributed by atoms with Crippen LogP contribution in [0.1, 0.15) is 78.1 Å². The quantitative estimate of drug-likeness (QED) is 0.344. The van der Waals surface area contributed by atoms with Gasteiger partial charge in [-0.25, -0.2) is 4.31 Å². The third kappa shape index (κ3) is 14.5. The molecule has 0 bridgehead atoms. The molecule has 0 aromatic heterocycles. The Balaban J connectivity index is 3.09. The molecule has 2 nitrogen and oxygen atoms in total. The third-order valence-electron chi connectivity index (χ3n) is 3.47. The maximum Gasteiger partial charge on any atom is 0.0567 e. The number of hydrogen-bond acceptors (Lipinski definition) is 3. The fraction of sp³-hybridized carbons (Fsp3) is 1.00. The van der Waals surface area contributed by atoms with Crippen LogP contribution in [0.5, 0.6) is 0 Å². The van der Waals surface area contributed by atoms with Gasteiger partial charge in [0.1, 0.15) is 0 Å². The molecule has 0 spiro atoms. The summed E-state index contributed by atoms with van der Waals surface area (Å²) < 4.78 is 2.26. The summed E-state index contributed by atoms with van der Waals surface area (Å²) in [6.45, 7) is 6.54. The van der Waals surface area contributed by atoms with E-state index in [0.717, 1.165) is 13.1 Å². The van der Waals surface area contributed by atoms with Crippen molar-refractivity contribution >= 4 is 11.9 Å². The van der Waals surface area contributed by atoms with Crippen LogP contribution >= 0.6 is 11.9 Å². The van der Waals surface area contributed by atoms with Crippen molar-refractivity contribution < 1.29 is 5.11 Å². The van der Waals surface area contributed by atoms with Crippen LogP contribution in [0.3, 0.4) is 0 Å². The first-order valence-corrected chi connectivity index (χ1v) is 9.28. The molecular formula is C16H35NOS. The second kappa shape index (κ2) is 16.3. The van der Waals surface area contributed by atoms with Crippen molar-refractivity contribution in [3.05, 3.63) is 0 Å². The molecule has 0 unspecified atom stereocenters. The minimum absolute atomic E-state index is 0.277. The van der Waals surface area contributed by atoms with E-state index in [1.54, 1.807) is 0 Å². The summed E-state index contributed by atoms with van der Waals surface area (Å²) in [4.78, 5) is 0. The van der Waals surface area contributed by atoms with Gasteiger partial charge >= 0.3 is 0 Å². The highest BCUT2D eigenvalue weighted by Crippen LogP contribution is 2.14. The van der Waals surface area contributed by atoms with E-state index >= 15 is 0 Å². The third-order valence-corrected chi connectivity index (χ3v) is 4.75. The normalized spacial score (nSPS) is 11.4. The predicted molar refractivity (Wildman–Crippen MR) is 88.6 cm³/mol. The van der Waals surface area contributed by atoms with Crippen LogP contribution in [0.25, 0.3) is 0 Å². The fourth-order valence-electron chi connectivity index (χ4n) is 2.21. The van der Waals surface area contributed by atoms with Crippen LogP contribution in [0.4, 0.5) is 0 Å². The van der Waals surface area contributed by atoms with Gasteiger partial charge in [-0.2, -0.15) is 0 Å². The first kappa shape index (κ1) is 19.3. The molecule has 0 atom stereocenters. The molecule has 0 radical (unpaired) electrons. The minimum atomic E-state index is 0.277. The smallest absolute Gasteiger partial charge is 0.0567 e. The lowest BCUT2D eigenvalue weighted by atomic mass is 10.1. The molecule has 3 heteroatoms. The minimum Gasteiger partial charge on any atom is -0.395 e. The molecule has 0 heterocycles. The van der Waals surface area contributed by atoms with Crippen LogP contribution in [0.15, 0.2) is 0 Å². The lowest BCUT2D eigenvalue weighted by Gasteiger charge is -2.17. The molecule has 19 heavy (non-hydrogen) atoms.